The van der Waals surface area contributed by atoms with E-state index in [1.165, 1.54) is 0 Å². The zero-order chi connectivity index (χ0) is 14.4. The Balaban J connectivity index is 2.69. The number of carbonyl (C=O) groups excluding carboxylic acids is 1. The Morgan fingerprint density at radius 1 is 1.26 bits per heavy atom. The molecular formula is C14H20N2O3. The number of nitrogens with two attached hydrogens (primary N) is 1. The third-order valence-corrected chi connectivity index (χ3v) is 3.10. The minimum Gasteiger partial charge on any atom is -0.480 e. The van der Waals surface area contributed by atoms with Crippen molar-refractivity contribution in [1.82, 2.24) is 5.32 Å². The van der Waals surface area contributed by atoms with Gasteiger partial charge in [0.1, 0.15) is 6.04 Å². The molecule has 0 aromatic heterocycles. The monoisotopic (exact) mass is 264 g/mol. The molecule has 0 saturated heterocycles. The molecule has 0 radical (unpaired) electrons. The van der Waals surface area contributed by atoms with Gasteiger partial charge in [0.05, 0.1) is 0 Å². The van der Waals surface area contributed by atoms with Crippen molar-refractivity contribution < 1.29 is 14.7 Å². The van der Waals surface area contributed by atoms with E-state index in [1.807, 2.05) is 30.3 Å². The van der Waals surface area contributed by atoms with Gasteiger partial charge in [-0.15, -0.1) is 0 Å². The molecule has 0 fully saturated rings. The smallest absolute Gasteiger partial charge is 0.326 e. The Hall–Kier alpha value is -1.88. The van der Waals surface area contributed by atoms with Crippen LogP contribution in [0.3, 0.4) is 0 Å². The Morgan fingerprint density at radius 2 is 1.84 bits per heavy atom. The average molecular weight is 264 g/mol. The van der Waals surface area contributed by atoms with E-state index in [-0.39, 0.29) is 18.4 Å². The van der Waals surface area contributed by atoms with Crippen LogP contribution in [-0.4, -0.2) is 29.1 Å². The second-order valence-electron chi connectivity index (χ2n) is 4.74. The zero-order valence-corrected chi connectivity index (χ0v) is 11.2. The predicted molar refractivity (Wildman–Crippen MR) is 72.5 cm³/mol. The molecule has 1 aromatic rings. The molecule has 0 aliphatic carbocycles. The molecule has 1 rings (SSSR count). The Labute approximate surface area is 112 Å². The number of benzene rings is 1. The van der Waals surface area contributed by atoms with Crippen LogP contribution in [0.2, 0.25) is 0 Å². The van der Waals surface area contributed by atoms with Crippen LogP contribution in [0, 0.1) is 5.92 Å². The topological polar surface area (TPSA) is 92.4 Å². The molecule has 1 aromatic carbocycles. The molecule has 0 bridgehead atoms. The van der Waals surface area contributed by atoms with Crippen LogP contribution in [0.1, 0.15) is 19.4 Å². The molecule has 3 unspecified atom stereocenters. The quantitative estimate of drug-likeness (QED) is 0.708. The summed E-state index contributed by atoms with van der Waals surface area (Å²) in [6.45, 7) is 3.40. The first-order valence-electron chi connectivity index (χ1n) is 6.24. The highest BCUT2D eigenvalue weighted by Gasteiger charge is 2.24. The van der Waals surface area contributed by atoms with E-state index in [1.54, 1.807) is 13.8 Å². The van der Waals surface area contributed by atoms with E-state index in [0.29, 0.717) is 0 Å². The van der Waals surface area contributed by atoms with E-state index in [9.17, 15) is 9.59 Å². The normalized spacial score (nSPS) is 15.3. The first-order valence-corrected chi connectivity index (χ1v) is 6.24. The number of carboxylic acid groups (broad SMARTS) is 1. The molecule has 1 amide bonds. The van der Waals surface area contributed by atoms with Gasteiger partial charge in [-0.05, 0) is 12.5 Å². The maximum atomic E-state index is 11.8. The van der Waals surface area contributed by atoms with Gasteiger partial charge >= 0.3 is 5.97 Å². The molecule has 3 atom stereocenters. The summed E-state index contributed by atoms with van der Waals surface area (Å²) in [5, 5.41) is 11.7. The number of amides is 1. The molecule has 4 N–H and O–H groups in total. The van der Waals surface area contributed by atoms with Gasteiger partial charge in [-0.2, -0.15) is 0 Å². The largest absolute Gasteiger partial charge is 0.480 e. The molecule has 0 spiro atoms. The standard InChI is InChI=1S/C14H20N2O3/c1-9(10(2)15)13(17)16-12(14(18)19)8-11-6-4-3-5-7-11/h3-7,9-10,12H,8,15H2,1-2H3,(H,16,17)(H,18,19). The summed E-state index contributed by atoms with van der Waals surface area (Å²) in [5.41, 5.74) is 6.50. The first-order chi connectivity index (χ1) is 8.91. The van der Waals surface area contributed by atoms with E-state index in [4.69, 9.17) is 10.8 Å². The Morgan fingerprint density at radius 3 is 2.32 bits per heavy atom. The summed E-state index contributed by atoms with van der Waals surface area (Å²) < 4.78 is 0. The van der Waals surface area contributed by atoms with Crippen molar-refractivity contribution in [3.63, 3.8) is 0 Å². The minimum atomic E-state index is -1.05. The number of hydrogen-bond acceptors (Lipinski definition) is 3. The molecule has 104 valence electrons. The third-order valence-electron chi connectivity index (χ3n) is 3.10. The van der Waals surface area contributed by atoms with Crippen molar-refractivity contribution in [2.75, 3.05) is 0 Å². The molecule has 5 nitrogen and oxygen atoms in total. The predicted octanol–water partition coefficient (Wildman–Crippen LogP) is 0.782. The lowest BCUT2D eigenvalue weighted by Crippen LogP contribution is -2.47. The Kier molecular flexibility index (Phi) is 5.51. The van der Waals surface area contributed by atoms with Gasteiger partial charge in [-0.25, -0.2) is 4.79 Å². The van der Waals surface area contributed by atoms with Crippen LogP contribution < -0.4 is 11.1 Å². The second kappa shape index (κ2) is 6.89. The number of carboxylic acids is 1. The van der Waals surface area contributed by atoms with Gasteiger partial charge in [-0.1, -0.05) is 37.3 Å². The lowest BCUT2D eigenvalue weighted by Gasteiger charge is -2.19. The highest BCUT2D eigenvalue weighted by Crippen LogP contribution is 2.06. The molecule has 19 heavy (non-hydrogen) atoms. The fourth-order valence-electron chi connectivity index (χ4n) is 1.59. The van der Waals surface area contributed by atoms with Gasteiger partial charge in [-0.3, -0.25) is 4.79 Å². The highest BCUT2D eigenvalue weighted by atomic mass is 16.4. The van der Waals surface area contributed by atoms with Crippen molar-refractivity contribution in [3.8, 4) is 0 Å². The molecule has 0 aliphatic heterocycles. The van der Waals surface area contributed by atoms with Crippen LogP contribution in [0.5, 0.6) is 0 Å². The lowest BCUT2D eigenvalue weighted by atomic mass is 10.0. The van der Waals surface area contributed by atoms with Gasteiger partial charge in [0, 0.05) is 18.4 Å². The van der Waals surface area contributed by atoms with Crippen LogP contribution in [-0.2, 0) is 16.0 Å². The minimum absolute atomic E-state index is 0.258. The van der Waals surface area contributed by atoms with Crippen LogP contribution >= 0.6 is 0 Å². The summed E-state index contributed by atoms with van der Waals surface area (Å²) in [5.74, 6) is -1.80. The maximum Gasteiger partial charge on any atom is 0.326 e. The maximum absolute atomic E-state index is 11.8. The van der Waals surface area contributed by atoms with Crippen molar-refractivity contribution >= 4 is 11.9 Å². The average Bonchev–Trinajstić information content (AvgIpc) is 2.37. The summed E-state index contributed by atoms with van der Waals surface area (Å²) in [6.07, 6.45) is 0.258. The van der Waals surface area contributed by atoms with Crippen molar-refractivity contribution in [3.05, 3.63) is 35.9 Å². The number of hydrogen-bond donors (Lipinski definition) is 3. The molecule has 0 aliphatic rings. The van der Waals surface area contributed by atoms with Crippen molar-refractivity contribution in [1.29, 1.82) is 0 Å². The van der Waals surface area contributed by atoms with E-state index < -0.39 is 17.9 Å². The van der Waals surface area contributed by atoms with Crippen molar-refractivity contribution in [2.24, 2.45) is 11.7 Å². The molecule has 5 heteroatoms. The summed E-state index contributed by atoms with van der Waals surface area (Å²) >= 11 is 0. The van der Waals surface area contributed by atoms with Crippen LogP contribution in [0.4, 0.5) is 0 Å². The number of nitrogens with one attached hydrogen (secondary N) is 1. The van der Waals surface area contributed by atoms with Crippen LogP contribution in [0.15, 0.2) is 30.3 Å². The number of carbonyl (C=O) groups is 2. The Bertz CT molecular complexity index is 432. The molecule has 0 saturated carbocycles. The third kappa shape index (κ3) is 4.71. The zero-order valence-electron chi connectivity index (χ0n) is 11.2. The highest BCUT2D eigenvalue weighted by molar-refractivity contribution is 5.85. The van der Waals surface area contributed by atoms with E-state index >= 15 is 0 Å². The fraction of sp³-hybridized carbons (Fsp3) is 0.429. The van der Waals surface area contributed by atoms with Gasteiger partial charge in [0.2, 0.25) is 5.91 Å². The summed E-state index contributed by atoms with van der Waals surface area (Å²) in [6, 6.07) is 7.94. The first kappa shape index (κ1) is 15.2. The second-order valence-corrected chi connectivity index (χ2v) is 4.74. The van der Waals surface area contributed by atoms with Gasteiger partial charge in [0.15, 0.2) is 0 Å². The number of aliphatic carboxylic acids is 1. The van der Waals surface area contributed by atoms with E-state index in [2.05, 4.69) is 5.32 Å². The van der Waals surface area contributed by atoms with Gasteiger partial charge < -0.3 is 16.2 Å². The molecular weight excluding hydrogens is 244 g/mol. The van der Waals surface area contributed by atoms with Gasteiger partial charge in [0.25, 0.3) is 0 Å². The van der Waals surface area contributed by atoms with Crippen LogP contribution in [0.25, 0.3) is 0 Å². The fourth-order valence-corrected chi connectivity index (χ4v) is 1.59. The number of rotatable bonds is 6. The summed E-state index contributed by atoms with van der Waals surface area (Å²) in [4.78, 5) is 23.0. The van der Waals surface area contributed by atoms with E-state index in [0.717, 1.165) is 5.56 Å². The summed E-state index contributed by atoms with van der Waals surface area (Å²) in [7, 11) is 0. The lowest BCUT2D eigenvalue weighted by molar-refractivity contribution is -0.142. The SMILES string of the molecule is CC(N)C(C)C(=O)NC(Cc1ccccc1)C(=O)O. The molecule has 0 heterocycles. The van der Waals surface area contributed by atoms with Crippen molar-refractivity contribution in [2.45, 2.75) is 32.4 Å².